The van der Waals surface area contributed by atoms with Crippen LogP contribution in [0.15, 0.2) is 6.07 Å². The van der Waals surface area contributed by atoms with Gasteiger partial charge in [0.1, 0.15) is 0 Å². The zero-order valence-electron chi connectivity index (χ0n) is 13.4. The van der Waals surface area contributed by atoms with Crippen molar-refractivity contribution in [2.24, 2.45) is 5.41 Å². The Morgan fingerprint density at radius 3 is 2.38 bits per heavy atom. The van der Waals surface area contributed by atoms with Gasteiger partial charge < -0.3 is 14.6 Å². The van der Waals surface area contributed by atoms with Crippen LogP contribution in [0.5, 0.6) is 0 Å². The monoisotopic (exact) mass is 292 g/mol. The molecule has 1 aromatic heterocycles. The number of carboxylic acid groups (broad SMARTS) is 1. The zero-order chi connectivity index (χ0) is 15.9. The minimum atomic E-state index is -0.828. The van der Waals surface area contributed by atoms with Gasteiger partial charge in [0.05, 0.1) is 11.0 Å². The highest BCUT2D eigenvalue weighted by Gasteiger charge is 2.42. The molecule has 1 saturated heterocycles. The molecule has 0 aliphatic carbocycles. The molecule has 1 aliphatic heterocycles. The molecule has 2 rings (SSSR count). The molecule has 1 N–H and O–H groups in total. The fraction of sp³-hybridized carbons (Fsp3) is 0.625. The van der Waals surface area contributed by atoms with Crippen molar-refractivity contribution >= 4 is 11.9 Å². The second-order valence-electron chi connectivity index (χ2n) is 6.59. The number of rotatable bonds is 3. The zero-order valence-corrected chi connectivity index (χ0v) is 13.4. The number of carboxylic acids is 1. The number of aliphatic carboxylic acids is 1. The lowest BCUT2D eigenvalue weighted by atomic mass is 9.90. The maximum atomic E-state index is 12.7. The topological polar surface area (TPSA) is 62.5 Å². The summed E-state index contributed by atoms with van der Waals surface area (Å²) in [5.41, 5.74) is 1.89. The minimum Gasteiger partial charge on any atom is -0.481 e. The molecule has 116 valence electrons. The Hall–Kier alpha value is -1.78. The van der Waals surface area contributed by atoms with Gasteiger partial charge >= 0.3 is 5.97 Å². The first-order valence-electron chi connectivity index (χ1n) is 7.38. The molecule has 0 saturated carbocycles. The molecule has 0 spiro atoms. The third kappa shape index (κ3) is 2.57. The van der Waals surface area contributed by atoms with Gasteiger partial charge in [0.15, 0.2) is 0 Å². The van der Waals surface area contributed by atoms with Crippen LogP contribution in [0.2, 0.25) is 0 Å². The van der Waals surface area contributed by atoms with Gasteiger partial charge in [-0.1, -0.05) is 0 Å². The SMILES string of the molecule is Cc1cc(C(=O)N2CC[C@](C)(C(=O)O)C2)c(C)n1C(C)C. The Balaban J connectivity index is 2.27. The summed E-state index contributed by atoms with van der Waals surface area (Å²) in [4.78, 5) is 25.7. The maximum absolute atomic E-state index is 12.7. The summed E-state index contributed by atoms with van der Waals surface area (Å²) in [5, 5.41) is 9.28. The quantitative estimate of drug-likeness (QED) is 0.931. The molecule has 1 atom stereocenters. The van der Waals surface area contributed by atoms with Gasteiger partial charge in [-0.25, -0.2) is 0 Å². The van der Waals surface area contributed by atoms with Crippen LogP contribution >= 0.6 is 0 Å². The summed E-state index contributed by atoms with van der Waals surface area (Å²) in [5.74, 6) is -0.884. The number of hydrogen-bond acceptors (Lipinski definition) is 2. The molecule has 21 heavy (non-hydrogen) atoms. The van der Waals surface area contributed by atoms with Crippen molar-refractivity contribution in [3.63, 3.8) is 0 Å². The molecule has 2 heterocycles. The number of aromatic nitrogens is 1. The lowest BCUT2D eigenvalue weighted by Crippen LogP contribution is -2.35. The average molecular weight is 292 g/mol. The van der Waals surface area contributed by atoms with Crippen molar-refractivity contribution in [3.05, 3.63) is 23.0 Å². The van der Waals surface area contributed by atoms with E-state index in [1.807, 2.05) is 19.9 Å². The van der Waals surface area contributed by atoms with Crippen LogP contribution in [0, 0.1) is 19.3 Å². The molecule has 0 radical (unpaired) electrons. The van der Waals surface area contributed by atoms with E-state index in [2.05, 4.69) is 18.4 Å². The van der Waals surface area contributed by atoms with Gasteiger partial charge in [-0.05, 0) is 47.1 Å². The van der Waals surface area contributed by atoms with E-state index in [9.17, 15) is 14.7 Å². The number of amides is 1. The molecule has 0 aromatic carbocycles. The lowest BCUT2D eigenvalue weighted by Gasteiger charge is -2.20. The van der Waals surface area contributed by atoms with Gasteiger partial charge in [-0.15, -0.1) is 0 Å². The molecule has 1 amide bonds. The molecule has 0 bridgehead atoms. The van der Waals surface area contributed by atoms with Crippen molar-refractivity contribution < 1.29 is 14.7 Å². The van der Waals surface area contributed by atoms with Gasteiger partial charge in [0, 0.05) is 30.5 Å². The normalized spacial score (nSPS) is 22.1. The van der Waals surface area contributed by atoms with Crippen molar-refractivity contribution in [1.82, 2.24) is 9.47 Å². The van der Waals surface area contributed by atoms with E-state index in [4.69, 9.17) is 0 Å². The molecule has 1 fully saturated rings. The predicted octanol–water partition coefficient (Wildman–Crippen LogP) is 2.62. The average Bonchev–Trinajstić information content (AvgIpc) is 2.91. The summed E-state index contributed by atoms with van der Waals surface area (Å²) >= 11 is 0. The van der Waals surface area contributed by atoms with Crippen LogP contribution in [-0.4, -0.2) is 39.5 Å². The Bertz CT molecular complexity index is 589. The molecule has 5 nitrogen and oxygen atoms in total. The van der Waals surface area contributed by atoms with Crippen molar-refractivity contribution in [1.29, 1.82) is 0 Å². The largest absolute Gasteiger partial charge is 0.481 e. The molecule has 5 heteroatoms. The molecular weight excluding hydrogens is 268 g/mol. The molecule has 1 aliphatic rings. The summed E-state index contributed by atoms with van der Waals surface area (Å²) in [6, 6.07) is 2.21. The van der Waals surface area contributed by atoms with Crippen LogP contribution < -0.4 is 0 Å². The van der Waals surface area contributed by atoms with E-state index in [0.29, 0.717) is 24.6 Å². The third-order valence-electron chi connectivity index (χ3n) is 4.51. The van der Waals surface area contributed by atoms with Crippen LogP contribution in [0.25, 0.3) is 0 Å². The van der Waals surface area contributed by atoms with E-state index in [1.165, 1.54) is 0 Å². The summed E-state index contributed by atoms with van der Waals surface area (Å²) < 4.78 is 2.14. The Morgan fingerprint density at radius 1 is 1.33 bits per heavy atom. The van der Waals surface area contributed by atoms with E-state index < -0.39 is 11.4 Å². The molecule has 1 aromatic rings. The predicted molar refractivity (Wildman–Crippen MR) is 80.6 cm³/mol. The molecular formula is C16H24N2O3. The number of nitrogens with zero attached hydrogens (tertiary/aromatic N) is 2. The lowest BCUT2D eigenvalue weighted by molar-refractivity contribution is -0.147. The maximum Gasteiger partial charge on any atom is 0.311 e. The van der Waals surface area contributed by atoms with Crippen LogP contribution in [0.1, 0.15) is 55.0 Å². The number of carbonyl (C=O) groups is 2. The van der Waals surface area contributed by atoms with Crippen molar-refractivity contribution in [2.75, 3.05) is 13.1 Å². The van der Waals surface area contributed by atoms with Crippen LogP contribution in [-0.2, 0) is 4.79 Å². The second-order valence-corrected chi connectivity index (χ2v) is 6.59. The summed E-state index contributed by atoms with van der Waals surface area (Å²) in [6.07, 6.45) is 0.511. The first kappa shape index (κ1) is 15.6. The summed E-state index contributed by atoms with van der Waals surface area (Å²) in [7, 11) is 0. The van der Waals surface area contributed by atoms with E-state index in [-0.39, 0.29) is 12.5 Å². The Morgan fingerprint density at radius 2 is 1.95 bits per heavy atom. The van der Waals surface area contributed by atoms with Crippen molar-refractivity contribution in [2.45, 2.75) is 47.1 Å². The summed E-state index contributed by atoms with van der Waals surface area (Å²) in [6.45, 7) is 10.6. The third-order valence-corrected chi connectivity index (χ3v) is 4.51. The van der Waals surface area contributed by atoms with Crippen molar-refractivity contribution in [3.8, 4) is 0 Å². The number of hydrogen-bond donors (Lipinski definition) is 1. The second kappa shape index (κ2) is 5.20. The van der Waals surface area contributed by atoms with E-state index in [0.717, 1.165) is 11.4 Å². The highest BCUT2D eigenvalue weighted by atomic mass is 16.4. The van der Waals surface area contributed by atoms with Gasteiger partial charge in [0.2, 0.25) is 0 Å². The smallest absolute Gasteiger partial charge is 0.311 e. The standard InChI is InChI=1S/C16H24N2O3/c1-10(2)18-11(3)8-13(12(18)4)14(19)17-7-6-16(5,9-17)15(20)21/h8,10H,6-7,9H2,1-5H3,(H,20,21)/t16-/m0/s1. The van der Waals surface area contributed by atoms with Gasteiger partial charge in [-0.2, -0.15) is 0 Å². The fourth-order valence-corrected chi connectivity index (χ4v) is 3.27. The number of aryl methyl sites for hydroxylation is 1. The number of likely N-dealkylation sites (tertiary alicyclic amines) is 1. The van der Waals surface area contributed by atoms with E-state index in [1.54, 1.807) is 11.8 Å². The Labute approximate surface area is 125 Å². The van der Waals surface area contributed by atoms with Gasteiger partial charge in [0.25, 0.3) is 5.91 Å². The van der Waals surface area contributed by atoms with E-state index >= 15 is 0 Å². The van der Waals surface area contributed by atoms with Crippen LogP contribution in [0.3, 0.4) is 0 Å². The van der Waals surface area contributed by atoms with Gasteiger partial charge in [-0.3, -0.25) is 9.59 Å². The Kier molecular flexibility index (Phi) is 3.87. The minimum absolute atomic E-state index is 0.0556. The number of carbonyl (C=O) groups excluding carboxylic acids is 1. The van der Waals surface area contributed by atoms with Crippen LogP contribution in [0.4, 0.5) is 0 Å². The highest BCUT2D eigenvalue weighted by molar-refractivity contribution is 5.96. The first-order valence-corrected chi connectivity index (χ1v) is 7.38. The first-order chi connectivity index (χ1) is 9.67. The molecule has 0 unspecified atom stereocenters. The fourth-order valence-electron chi connectivity index (χ4n) is 3.27. The highest BCUT2D eigenvalue weighted by Crippen LogP contribution is 2.32.